The molecule has 0 aromatic carbocycles. The van der Waals surface area contributed by atoms with Gasteiger partial charge in [-0.25, -0.2) is 9.97 Å². The number of amides is 1. The molecule has 0 unspecified atom stereocenters. The van der Waals surface area contributed by atoms with E-state index in [9.17, 15) is 4.79 Å². The molecule has 0 bridgehead atoms. The molecule has 8 heteroatoms. The summed E-state index contributed by atoms with van der Waals surface area (Å²) in [5.41, 5.74) is 0.794. The van der Waals surface area contributed by atoms with Crippen LogP contribution in [0.15, 0.2) is 30.6 Å². The van der Waals surface area contributed by atoms with Gasteiger partial charge in [0, 0.05) is 25.5 Å². The molecule has 0 aliphatic carbocycles. The lowest BCUT2D eigenvalue weighted by Gasteiger charge is -2.11. The van der Waals surface area contributed by atoms with E-state index in [2.05, 4.69) is 20.6 Å². The minimum Gasteiger partial charge on any atom is -0.474 e. The van der Waals surface area contributed by atoms with Gasteiger partial charge in [-0.15, -0.1) is 0 Å². The van der Waals surface area contributed by atoms with Crippen LogP contribution in [0, 0.1) is 11.3 Å². The highest BCUT2D eigenvalue weighted by Gasteiger charge is 2.11. The average Bonchev–Trinajstić information content (AvgIpc) is 2.60. The molecule has 2 aromatic rings. The summed E-state index contributed by atoms with van der Waals surface area (Å²) in [6.45, 7) is 4.51. The molecule has 0 radical (unpaired) electrons. The smallest absolute Gasteiger partial charge is 0.252 e. The fourth-order valence-electron chi connectivity index (χ4n) is 1.95. The Morgan fingerprint density at radius 2 is 2.20 bits per heavy atom. The Labute approximate surface area is 151 Å². The maximum Gasteiger partial charge on any atom is 0.252 e. The van der Waals surface area contributed by atoms with E-state index in [-0.39, 0.29) is 17.0 Å². The molecule has 0 aliphatic heterocycles. The predicted molar refractivity (Wildman–Crippen MR) is 94.8 cm³/mol. The molecule has 130 valence electrons. The van der Waals surface area contributed by atoms with Gasteiger partial charge in [-0.05, 0) is 32.0 Å². The highest BCUT2D eigenvalue weighted by Crippen LogP contribution is 2.23. The lowest BCUT2D eigenvalue weighted by atomic mass is 10.2. The first-order valence-corrected chi connectivity index (χ1v) is 8.08. The Morgan fingerprint density at radius 3 is 2.88 bits per heavy atom. The van der Waals surface area contributed by atoms with Crippen LogP contribution in [0.3, 0.4) is 0 Å². The lowest BCUT2D eigenvalue weighted by Crippen LogP contribution is -2.29. The first-order valence-electron chi connectivity index (χ1n) is 7.70. The molecule has 2 aromatic heterocycles. The molecule has 0 saturated carbocycles. The van der Waals surface area contributed by atoms with Crippen molar-refractivity contribution in [1.29, 1.82) is 5.26 Å². The van der Waals surface area contributed by atoms with Crippen LogP contribution in [-0.4, -0.2) is 35.1 Å². The molecule has 7 nitrogen and oxygen atoms in total. The van der Waals surface area contributed by atoms with Crippen molar-refractivity contribution in [3.05, 3.63) is 46.7 Å². The minimum atomic E-state index is -0.297. The summed E-state index contributed by atoms with van der Waals surface area (Å²) in [5, 5.41) is 15.0. The van der Waals surface area contributed by atoms with Crippen molar-refractivity contribution >= 4 is 23.3 Å². The van der Waals surface area contributed by atoms with Gasteiger partial charge in [0.15, 0.2) is 0 Å². The van der Waals surface area contributed by atoms with Gasteiger partial charge in [0.05, 0.1) is 17.2 Å². The Hall–Kier alpha value is -2.85. The number of anilines is 1. The van der Waals surface area contributed by atoms with Gasteiger partial charge in [0.1, 0.15) is 16.9 Å². The highest BCUT2D eigenvalue weighted by atomic mass is 35.5. The van der Waals surface area contributed by atoms with Crippen molar-refractivity contribution in [3.8, 4) is 11.9 Å². The van der Waals surface area contributed by atoms with E-state index < -0.39 is 0 Å². The molecule has 0 saturated heterocycles. The van der Waals surface area contributed by atoms with Crippen LogP contribution in [0.1, 0.15) is 29.8 Å². The summed E-state index contributed by atoms with van der Waals surface area (Å²) < 4.78 is 5.43. The number of hydrogen-bond acceptors (Lipinski definition) is 6. The fraction of sp³-hybridized carbons (Fsp3) is 0.294. The fourth-order valence-corrected chi connectivity index (χ4v) is 2.17. The van der Waals surface area contributed by atoms with E-state index in [0.29, 0.717) is 35.9 Å². The number of nitrogens with one attached hydrogen (secondary N) is 2. The Balaban J connectivity index is 1.86. The van der Waals surface area contributed by atoms with Crippen molar-refractivity contribution in [2.75, 3.05) is 18.4 Å². The zero-order valence-electron chi connectivity index (χ0n) is 13.9. The maximum absolute atomic E-state index is 12.1. The van der Waals surface area contributed by atoms with Crippen molar-refractivity contribution in [3.63, 3.8) is 0 Å². The number of carbonyl (C=O) groups excluding carboxylic acids is 1. The van der Waals surface area contributed by atoms with E-state index in [1.807, 2.05) is 19.9 Å². The third-order valence-corrected chi connectivity index (χ3v) is 3.32. The standard InChI is InChI=1S/C17H18ClN5O2/c1-11(2)25-17-14(18)8-13(10-23-17)16(24)22-7-6-21-15-12(9-19)4-3-5-20-15/h3-5,8,10-11H,6-7H2,1-2H3,(H,20,21)(H,22,24). The van der Waals surface area contributed by atoms with Gasteiger partial charge >= 0.3 is 0 Å². The minimum absolute atomic E-state index is 0.0550. The number of nitrogens with zero attached hydrogens (tertiary/aromatic N) is 3. The van der Waals surface area contributed by atoms with Crippen LogP contribution in [0.4, 0.5) is 5.82 Å². The number of rotatable bonds is 7. The van der Waals surface area contributed by atoms with Gasteiger partial charge in [0.25, 0.3) is 5.91 Å². The van der Waals surface area contributed by atoms with Crippen molar-refractivity contribution in [2.24, 2.45) is 0 Å². The SMILES string of the molecule is CC(C)Oc1ncc(C(=O)NCCNc2ncccc2C#N)cc1Cl. The van der Waals surface area contributed by atoms with Crippen LogP contribution in [0.5, 0.6) is 5.88 Å². The molecular weight excluding hydrogens is 342 g/mol. The zero-order chi connectivity index (χ0) is 18.2. The first-order chi connectivity index (χ1) is 12.0. The first kappa shape index (κ1) is 18.5. The third-order valence-electron chi connectivity index (χ3n) is 3.05. The van der Waals surface area contributed by atoms with Crippen molar-refractivity contribution in [1.82, 2.24) is 15.3 Å². The van der Waals surface area contributed by atoms with Crippen LogP contribution in [0.2, 0.25) is 5.02 Å². The second kappa shape index (κ2) is 8.85. The predicted octanol–water partition coefficient (Wildman–Crippen LogP) is 2.63. The summed E-state index contributed by atoms with van der Waals surface area (Å²) in [7, 11) is 0. The van der Waals surface area contributed by atoms with E-state index >= 15 is 0 Å². The normalized spacial score (nSPS) is 10.2. The van der Waals surface area contributed by atoms with Gasteiger partial charge < -0.3 is 15.4 Å². The molecule has 0 atom stereocenters. The topological polar surface area (TPSA) is 99.9 Å². The van der Waals surface area contributed by atoms with Gasteiger partial charge in [-0.1, -0.05) is 11.6 Å². The van der Waals surface area contributed by atoms with Crippen molar-refractivity contribution < 1.29 is 9.53 Å². The summed E-state index contributed by atoms with van der Waals surface area (Å²) in [4.78, 5) is 20.3. The average molecular weight is 360 g/mol. The van der Waals surface area contributed by atoms with Crippen LogP contribution in [0.25, 0.3) is 0 Å². The highest BCUT2D eigenvalue weighted by molar-refractivity contribution is 6.32. The van der Waals surface area contributed by atoms with Gasteiger partial charge in [-0.3, -0.25) is 4.79 Å². The summed E-state index contributed by atoms with van der Waals surface area (Å²) in [6.07, 6.45) is 2.95. The number of aromatic nitrogens is 2. The number of nitriles is 1. The van der Waals surface area contributed by atoms with E-state index in [4.69, 9.17) is 21.6 Å². The zero-order valence-corrected chi connectivity index (χ0v) is 14.7. The molecule has 0 spiro atoms. The summed E-state index contributed by atoms with van der Waals surface area (Å²) in [5.74, 6) is 0.488. The Bertz CT molecular complexity index is 789. The maximum atomic E-state index is 12.1. The molecule has 25 heavy (non-hydrogen) atoms. The Morgan fingerprint density at radius 1 is 1.40 bits per heavy atom. The number of halogens is 1. The summed E-state index contributed by atoms with van der Waals surface area (Å²) in [6, 6.07) is 6.92. The van der Waals surface area contributed by atoms with E-state index in [0.717, 1.165) is 0 Å². The van der Waals surface area contributed by atoms with Gasteiger partial charge in [0.2, 0.25) is 5.88 Å². The van der Waals surface area contributed by atoms with Crippen molar-refractivity contribution in [2.45, 2.75) is 20.0 Å². The molecule has 2 N–H and O–H groups in total. The lowest BCUT2D eigenvalue weighted by molar-refractivity contribution is 0.0954. The molecular formula is C17H18ClN5O2. The second-order valence-corrected chi connectivity index (χ2v) is 5.78. The third kappa shape index (κ3) is 5.33. The number of ether oxygens (including phenoxy) is 1. The molecule has 1 amide bonds. The second-order valence-electron chi connectivity index (χ2n) is 5.37. The number of hydrogen-bond donors (Lipinski definition) is 2. The monoisotopic (exact) mass is 359 g/mol. The van der Waals surface area contributed by atoms with Gasteiger partial charge in [-0.2, -0.15) is 5.26 Å². The number of carbonyl (C=O) groups is 1. The number of pyridine rings is 2. The van der Waals surface area contributed by atoms with E-state index in [1.165, 1.54) is 12.3 Å². The largest absolute Gasteiger partial charge is 0.474 e. The van der Waals surface area contributed by atoms with Crippen LogP contribution >= 0.6 is 11.6 Å². The van der Waals surface area contributed by atoms with Crippen LogP contribution in [-0.2, 0) is 0 Å². The van der Waals surface area contributed by atoms with E-state index in [1.54, 1.807) is 18.3 Å². The quantitative estimate of drug-likeness (QED) is 0.737. The Kier molecular flexibility index (Phi) is 6.54. The van der Waals surface area contributed by atoms with Crippen LogP contribution < -0.4 is 15.4 Å². The molecule has 0 fully saturated rings. The molecule has 2 heterocycles. The summed E-state index contributed by atoms with van der Waals surface area (Å²) >= 11 is 6.07. The molecule has 2 rings (SSSR count). The molecule has 0 aliphatic rings.